The minimum absolute atomic E-state index is 0.000679. The summed E-state index contributed by atoms with van der Waals surface area (Å²) in [6.07, 6.45) is 1.91. The van der Waals surface area contributed by atoms with Crippen molar-refractivity contribution in [2.75, 3.05) is 13.1 Å². The monoisotopic (exact) mass is 476 g/mol. The van der Waals surface area contributed by atoms with Gasteiger partial charge in [-0.1, -0.05) is 29.3 Å². The van der Waals surface area contributed by atoms with E-state index >= 15 is 0 Å². The van der Waals surface area contributed by atoms with Gasteiger partial charge in [-0.2, -0.15) is 9.57 Å². The van der Waals surface area contributed by atoms with Crippen LogP contribution >= 0.6 is 23.2 Å². The van der Waals surface area contributed by atoms with Gasteiger partial charge in [0, 0.05) is 24.2 Å². The SMILES string of the molecule is N#Cc1cc(-c2cnc(-c3ccc(Cl)c(S(=O)(=O)N4CCC(O)CC4)c3)[nH]2)ccc1Cl. The molecule has 2 N–H and O–H groups in total. The highest BCUT2D eigenvalue weighted by Gasteiger charge is 2.30. The second kappa shape index (κ2) is 8.61. The van der Waals surface area contributed by atoms with Crippen LogP contribution in [-0.4, -0.2) is 47.0 Å². The predicted octanol–water partition coefficient (Wildman–Crippen LogP) is 4.07. The minimum atomic E-state index is -3.81. The maximum Gasteiger partial charge on any atom is 0.244 e. The maximum absolute atomic E-state index is 13.1. The first kappa shape index (κ1) is 21.8. The van der Waals surface area contributed by atoms with Crippen LogP contribution in [0.3, 0.4) is 0 Å². The molecule has 2 aromatic carbocycles. The van der Waals surface area contributed by atoms with E-state index in [0.717, 1.165) is 5.56 Å². The van der Waals surface area contributed by atoms with Crippen molar-refractivity contribution >= 4 is 33.2 Å². The Bertz CT molecular complexity index is 1280. The third-order valence-electron chi connectivity index (χ3n) is 5.22. The number of benzene rings is 2. The summed E-state index contributed by atoms with van der Waals surface area (Å²) >= 11 is 12.2. The molecule has 0 amide bonds. The maximum atomic E-state index is 13.1. The molecule has 1 aliphatic heterocycles. The van der Waals surface area contributed by atoms with E-state index in [1.807, 2.05) is 6.07 Å². The van der Waals surface area contributed by atoms with Gasteiger partial charge >= 0.3 is 0 Å². The number of rotatable bonds is 4. The molecule has 0 atom stereocenters. The van der Waals surface area contributed by atoms with Crippen LogP contribution in [0.4, 0.5) is 0 Å². The lowest BCUT2D eigenvalue weighted by Crippen LogP contribution is -2.40. The van der Waals surface area contributed by atoms with Crippen molar-refractivity contribution in [2.24, 2.45) is 0 Å². The van der Waals surface area contributed by atoms with Crippen molar-refractivity contribution in [3.63, 3.8) is 0 Å². The standard InChI is InChI=1S/C21H18Cl2N4O3S/c22-17-3-1-13(9-15(17)11-24)19-12-25-21(26-19)14-2-4-18(23)20(10-14)31(29,30)27-7-5-16(28)6-8-27/h1-4,9-10,12,16,28H,5-8H2,(H,25,26). The third-order valence-corrected chi connectivity index (χ3v) is 7.93. The second-order valence-electron chi connectivity index (χ2n) is 7.23. The van der Waals surface area contributed by atoms with Gasteiger partial charge in [0.25, 0.3) is 0 Å². The zero-order chi connectivity index (χ0) is 22.2. The molecule has 2 heterocycles. The average molecular weight is 477 g/mol. The van der Waals surface area contributed by atoms with Crippen molar-refractivity contribution in [1.82, 2.24) is 14.3 Å². The molecule has 31 heavy (non-hydrogen) atoms. The third kappa shape index (κ3) is 4.33. The van der Waals surface area contributed by atoms with Crippen molar-refractivity contribution in [2.45, 2.75) is 23.8 Å². The molecule has 0 saturated carbocycles. The molecular formula is C21H18Cl2N4O3S. The summed E-state index contributed by atoms with van der Waals surface area (Å²) in [6.45, 7) is 0.486. The fourth-order valence-corrected chi connectivity index (χ4v) is 5.59. The highest BCUT2D eigenvalue weighted by molar-refractivity contribution is 7.89. The number of hydrogen-bond acceptors (Lipinski definition) is 5. The number of nitriles is 1. The van der Waals surface area contributed by atoms with Crippen LogP contribution in [0.1, 0.15) is 18.4 Å². The topological polar surface area (TPSA) is 110 Å². The Kier molecular flexibility index (Phi) is 6.06. The van der Waals surface area contributed by atoms with E-state index < -0.39 is 16.1 Å². The number of H-pyrrole nitrogens is 1. The molecule has 7 nitrogen and oxygen atoms in total. The fourth-order valence-electron chi connectivity index (χ4n) is 3.46. The van der Waals surface area contributed by atoms with Crippen LogP contribution in [0.2, 0.25) is 10.0 Å². The number of nitrogens with zero attached hydrogens (tertiary/aromatic N) is 3. The Labute approximate surface area is 189 Å². The van der Waals surface area contributed by atoms with Crippen molar-refractivity contribution in [1.29, 1.82) is 5.26 Å². The van der Waals surface area contributed by atoms with Gasteiger partial charge in [-0.15, -0.1) is 0 Å². The molecule has 3 aromatic rings. The van der Waals surface area contributed by atoms with Crippen LogP contribution in [0.5, 0.6) is 0 Å². The number of nitrogens with one attached hydrogen (secondary N) is 1. The molecule has 0 unspecified atom stereocenters. The van der Waals surface area contributed by atoms with E-state index in [4.69, 9.17) is 23.2 Å². The second-order valence-corrected chi connectivity index (χ2v) is 9.95. The number of aromatic nitrogens is 2. The van der Waals surface area contributed by atoms with Gasteiger partial charge in [-0.05, 0) is 43.2 Å². The summed E-state index contributed by atoms with van der Waals surface area (Å²) < 4.78 is 27.6. The Hall–Kier alpha value is -2.41. The molecule has 1 fully saturated rings. The first-order valence-electron chi connectivity index (χ1n) is 9.53. The molecule has 0 radical (unpaired) electrons. The number of aliphatic hydroxyl groups excluding tert-OH is 1. The molecule has 1 saturated heterocycles. The fraction of sp³-hybridized carbons (Fsp3) is 0.238. The largest absolute Gasteiger partial charge is 0.393 e. The Morgan fingerprint density at radius 3 is 2.48 bits per heavy atom. The molecule has 10 heteroatoms. The smallest absolute Gasteiger partial charge is 0.244 e. The summed E-state index contributed by atoms with van der Waals surface area (Å²) in [5.74, 6) is 0.464. The van der Waals surface area contributed by atoms with E-state index in [-0.39, 0.29) is 23.0 Å². The quantitative estimate of drug-likeness (QED) is 0.589. The first-order chi connectivity index (χ1) is 14.8. The zero-order valence-corrected chi connectivity index (χ0v) is 18.5. The van der Waals surface area contributed by atoms with Crippen molar-refractivity contribution in [3.8, 4) is 28.7 Å². The number of aliphatic hydroxyl groups is 1. The van der Waals surface area contributed by atoms with Crippen LogP contribution in [0.25, 0.3) is 22.6 Å². The highest BCUT2D eigenvalue weighted by atomic mass is 35.5. The molecule has 0 spiro atoms. The summed E-state index contributed by atoms with van der Waals surface area (Å²) in [5.41, 5.74) is 2.29. The normalized spacial score (nSPS) is 15.7. The molecule has 4 rings (SSSR count). The van der Waals surface area contributed by atoms with Gasteiger partial charge in [0.05, 0.1) is 33.6 Å². The van der Waals surface area contributed by atoms with Crippen molar-refractivity contribution in [3.05, 3.63) is 58.2 Å². The lowest BCUT2D eigenvalue weighted by Gasteiger charge is -2.29. The summed E-state index contributed by atoms with van der Waals surface area (Å²) in [4.78, 5) is 7.51. The first-order valence-corrected chi connectivity index (χ1v) is 11.7. The summed E-state index contributed by atoms with van der Waals surface area (Å²) in [6, 6.07) is 11.8. The van der Waals surface area contributed by atoms with Gasteiger partial charge in [0.15, 0.2) is 0 Å². The number of sulfonamides is 1. The number of piperidine rings is 1. The molecular weight excluding hydrogens is 459 g/mol. The number of halogens is 2. The molecule has 0 bridgehead atoms. The van der Waals surface area contributed by atoms with E-state index in [2.05, 4.69) is 9.97 Å². The van der Waals surface area contributed by atoms with Gasteiger partial charge < -0.3 is 10.1 Å². The Morgan fingerprint density at radius 2 is 1.77 bits per heavy atom. The molecule has 1 aromatic heterocycles. The lowest BCUT2D eigenvalue weighted by molar-refractivity contribution is 0.113. The number of hydrogen-bond donors (Lipinski definition) is 2. The summed E-state index contributed by atoms with van der Waals surface area (Å²) in [5, 5.41) is 19.3. The Morgan fingerprint density at radius 1 is 1.10 bits per heavy atom. The summed E-state index contributed by atoms with van der Waals surface area (Å²) in [7, 11) is -3.81. The number of imidazole rings is 1. The minimum Gasteiger partial charge on any atom is -0.393 e. The highest BCUT2D eigenvalue weighted by Crippen LogP contribution is 2.32. The van der Waals surface area contributed by atoms with Gasteiger partial charge in [0.2, 0.25) is 10.0 Å². The van der Waals surface area contributed by atoms with E-state index in [1.165, 1.54) is 16.4 Å². The van der Waals surface area contributed by atoms with Gasteiger partial charge in [-0.3, -0.25) is 0 Å². The van der Waals surface area contributed by atoms with Gasteiger partial charge in [-0.25, -0.2) is 13.4 Å². The van der Waals surface area contributed by atoms with Crippen LogP contribution in [0, 0.1) is 11.3 Å². The lowest BCUT2D eigenvalue weighted by atomic mass is 10.1. The zero-order valence-electron chi connectivity index (χ0n) is 16.2. The van der Waals surface area contributed by atoms with Crippen molar-refractivity contribution < 1.29 is 13.5 Å². The molecule has 1 aliphatic rings. The van der Waals surface area contributed by atoms with E-state index in [0.29, 0.717) is 40.5 Å². The van der Waals surface area contributed by atoms with Gasteiger partial charge in [0.1, 0.15) is 16.8 Å². The average Bonchev–Trinajstić information content (AvgIpc) is 3.25. The van der Waals surface area contributed by atoms with Crippen LogP contribution < -0.4 is 0 Å². The molecule has 160 valence electrons. The molecule has 0 aliphatic carbocycles. The van der Waals surface area contributed by atoms with Crippen LogP contribution in [-0.2, 0) is 10.0 Å². The predicted molar refractivity (Wildman–Crippen MR) is 118 cm³/mol. The number of aromatic amines is 1. The van der Waals surface area contributed by atoms with E-state index in [9.17, 15) is 18.8 Å². The Balaban J connectivity index is 1.67. The van der Waals surface area contributed by atoms with E-state index in [1.54, 1.807) is 30.5 Å². The van der Waals surface area contributed by atoms with Crippen LogP contribution in [0.15, 0.2) is 47.5 Å².